The van der Waals surface area contributed by atoms with Gasteiger partial charge in [0.05, 0.1) is 18.6 Å². The number of rotatable bonds is 3. The lowest BCUT2D eigenvalue weighted by Gasteiger charge is -2.10. The predicted octanol–water partition coefficient (Wildman–Crippen LogP) is 2.49. The third kappa shape index (κ3) is 1.79. The molecule has 0 saturated heterocycles. The zero-order valence-electron chi connectivity index (χ0n) is 12.3. The van der Waals surface area contributed by atoms with Gasteiger partial charge in [-0.15, -0.1) is 0 Å². The number of nitrogens with zero attached hydrogens (tertiary/aromatic N) is 1. The second-order valence-electron chi connectivity index (χ2n) is 5.01. The summed E-state index contributed by atoms with van der Waals surface area (Å²) in [4.78, 5) is 11.5. The van der Waals surface area contributed by atoms with Crippen LogP contribution in [-0.2, 0) is 6.54 Å². The first-order chi connectivity index (χ1) is 10.1. The molecule has 1 heterocycles. The Balaban J connectivity index is 2.62. The Hall–Kier alpha value is -2.49. The van der Waals surface area contributed by atoms with Crippen LogP contribution >= 0.6 is 0 Å². The van der Waals surface area contributed by atoms with Crippen LogP contribution in [0.15, 0.2) is 30.3 Å². The largest absolute Gasteiger partial charge is 0.545 e. The Morgan fingerprint density at radius 3 is 2.48 bits per heavy atom. The fourth-order valence-corrected chi connectivity index (χ4v) is 3.13. The lowest BCUT2D eigenvalue weighted by Crippen LogP contribution is -2.23. The molecule has 108 valence electrons. The number of methoxy groups -OCH3 is 1. The van der Waals surface area contributed by atoms with E-state index in [1.165, 1.54) is 0 Å². The van der Waals surface area contributed by atoms with Gasteiger partial charge in [-0.25, -0.2) is 0 Å². The smallest absolute Gasteiger partial charge is 0.127 e. The van der Waals surface area contributed by atoms with Gasteiger partial charge >= 0.3 is 0 Å². The van der Waals surface area contributed by atoms with E-state index in [0.29, 0.717) is 23.4 Å². The molecule has 0 aliphatic carbocycles. The van der Waals surface area contributed by atoms with Crippen molar-refractivity contribution in [2.75, 3.05) is 7.11 Å². The van der Waals surface area contributed by atoms with Crippen molar-refractivity contribution < 1.29 is 14.6 Å². The maximum Gasteiger partial charge on any atom is 0.127 e. The van der Waals surface area contributed by atoms with Crippen molar-refractivity contribution in [2.45, 2.75) is 20.4 Å². The molecule has 0 unspecified atom stereocenters. The van der Waals surface area contributed by atoms with Crippen molar-refractivity contribution in [3.05, 3.63) is 41.6 Å². The van der Waals surface area contributed by atoms with Crippen molar-refractivity contribution in [2.24, 2.45) is 0 Å². The summed E-state index contributed by atoms with van der Waals surface area (Å²) in [7, 11) is 1.59. The Kier molecular flexibility index (Phi) is 3.09. The number of aryl methyl sites for hydroxylation is 1. The number of hydrogen-bond donors (Lipinski definition) is 0. The van der Waals surface area contributed by atoms with Crippen LogP contribution in [0.2, 0.25) is 0 Å². The maximum atomic E-state index is 11.5. The number of carboxylic acid groups (broad SMARTS) is 1. The normalized spacial score (nSPS) is 11.2. The molecule has 4 heteroatoms. The van der Waals surface area contributed by atoms with Crippen molar-refractivity contribution in [1.82, 2.24) is 4.57 Å². The molecule has 0 fully saturated rings. The molecule has 4 nitrogen and oxygen atoms in total. The Morgan fingerprint density at radius 2 is 1.90 bits per heavy atom. The predicted molar refractivity (Wildman–Crippen MR) is 80.7 cm³/mol. The highest BCUT2D eigenvalue weighted by Crippen LogP contribution is 2.37. The van der Waals surface area contributed by atoms with Gasteiger partial charge in [0.1, 0.15) is 5.75 Å². The molecule has 0 saturated carbocycles. The van der Waals surface area contributed by atoms with Gasteiger partial charge in [0, 0.05) is 34.0 Å². The first-order valence-electron chi connectivity index (χ1n) is 6.90. The van der Waals surface area contributed by atoms with Crippen molar-refractivity contribution >= 4 is 27.6 Å². The number of hydrogen-bond acceptors (Lipinski definition) is 3. The molecule has 2 aromatic carbocycles. The third-order valence-electron chi connectivity index (χ3n) is 4.02. The summed E-state index contributed by atoms with van der Waals surface area (Å²) in [5, 5.41) is 14.2. The van der Waals surface area contributed by atoms with E-state index in [2.05, 4.69) is 0 Å². The van der Waals surface area contributed by atoms with Crippen molar-refractivity contribution in [3.63, 3.8) is 0 Å². The topological polar surface area (TPSA) is 54.3 Å². The number of aromatic nitrogens is 1. The van der Waals surface area contributed by atoms with Crippen LogP contribution in [0, 0.1) is 6.92 Å². The highest BCUT2D eigenvalue weighted by Gasteiger charge is 2.18. The Labute approximate surface area is 122 Å². The van der Waals surface area contributed by atoms with E-state index in [0.717, 1.165) is 16.3 Å². The summed E-state index contributed by atoms with van der Waals surface area (Å²) in [5.41, 5.74) is 1.88. The molecule has 0 radical (unpaired) electrons. The minimum absolute atomic E-state index is 0.246. The molecule has 0 atom stereocenters. The molecule has 0 N–H and O–H groups in total. The summed E-state index contributed by atoms with van der Waals surface area (Å²) in [6.45, 7) is 4.52. The Bertz CT molecular complexity index is 861. The minimum Gasteiger partial charge on any atom is -0.545 e. The van der Waals surface area contributed by atoms with Gasteiger partial charge in [0.25, 0.3) is 0 Å². The number of ether oxygens (including phenoxy) is 1. The summed E-state index contributed by atoms with van der Waals surface area (Å²) in [5.74, 6) is -0.476. The van der Waals surface area contributed by atoms with Gasteiger partial charge in [-0.3, -0.25) is 0 Å². The molecular weight excluding hydrogens is 266 g/mol. The van der Waals surface area contributed by atoms with E-state index < -0.39 is 5.97 Å². The van der Waals surface area contributed by atoms with E-state index in [9.17, 15) is 9.90 Å². The molecule has 3 aromatic rings. The first-order valence-corrected chi connectivity index (χ1v) is 6.90. The molecule has 21 heavy (non-hydrogen) atoms. The number of carbonyl (C=O) groups is 1. The quantitative estimate of drug-likeness (QED) is 0.741. The zero-order chi connectivity index (χ0) is 15.1. The molecule has 3 rings (SSSR count). The highest BCUT2D eigenvalue weighted by atomic mass is 16.5. The molecule has 0 amide bonds. The summed E-state index contributed by atoms with van der Waals surface area (Å²) in [6, 6.07) is 9.66. The van der Waals surface area contributed by atoms with Crippen LogP contribution in [-0.4, -0.2) is 17.6 Å². The van der Waals surface area contributed by atoms with Crippen LogP contribution < -0.4 is 9.84 Å². The van der Waals surface area contributed by atoms with Gasteiger partial charge in [-0.1, -0.05) is 24.3 Å². The lowest BCUT2D eigenvalue weighted by atomic mass is 10.0. The van der Waals surface area contributed by atoms with E-state index in [1.54, 1.807) is 13.2 Å². The summed E-state index contributed by atoms with van der Waals surface area (Å²) >= 11 is 0. The van der Waals surface area contributed by atoms with E-state index >= 15 is 0 Å². The molecule has 0 aliphatic rings. The molecule has 0 aliphatic heterocycles. The fourth-order valence-electron chi connectivity index (χ4n) is 3.13. The first kappa shape index (κ1) is 13.5. The monoisotopic (exact) mass is 282 g/mol. The molecule has 0 bridgehead atoms. The minimum atomic E-state index is -1.15. The second kappa shape index (κ2) is 4.81. The summed E-state index contributed by atoms with van der Waals surface area (Å²) < 4.78 is 7.45. The summed E-state index contributed by atoms with van der Waals surface area (Å²) in [6.07, 6.45) is 0. The van der Waals surface area contributed by atoms with E-state index in [1.807, 2.05) is 42.7 Å². The van der Waals surface area contributed by atoms with Crippen LogP contribution in [0.5, 0.6) is 5.75 Å². The number of benzene rings is 2. The lowest BCUT2D eigenvalue weighted by molar-refractivity contribution is -0.254. The van der Waals surface area contributed by atoms with E-state index in [4.69, 9.17) is 4.74 Å². The van der Waals surface area contributed by atoms with Crippen LogP contribution in [0.25, 0.3) is 21.7 Å². The average molecular weight is 282 g/mol. The third-order valence-corrected chi connectivity index (χ3v) is 4.02. The fraction of sp³-hybridized carbons (Fsp3) is 0.235. The molecular formula is C17H16NO3-. The van der Waals surface area contributed by atoms with Crippen LogP contribution in [0.3, 0.4) is 0 Å². The number of fused-ring (bicyclic) bond motifs is 3. The van der Waals surface area contributed by atoms with Gasteiger partial charge < -0.3 is 19.2 Å². The van der Waals surface area contributed by atoms with Crippen LogP contribution in [0.4, 0.5) is 0 Å². The average Bonchev–Trinajstić information content (AvgIpc) is 2.77. The standard InChI is InChI=1S/C17H17NO3/c1-4-18-10(2)15(17(19)20)13-9-14(21-3)11-7-5-6-8-12(11)16(13)18/h5-9H,4H2,1-3H3,(H,19,20)/p-1. The Morgan fingerprint density at radius 1 is 1.24 bits per heavy atom. The highest BCUT2D eigenvalue weighted by molar-refractivity contribution is 6.15. The zero-order valence-corrected chi connectivity index (χ0v) is 12.3. The number of carboxylic acids is 1. The maximum absolute atomic E-state index is 11.5. The molecule has 1 aromatic heterocycles. The van der Waals surface area contributed by atoms with Crippen LogP contribution in [0.1, 0.15) is 23.0 Å². The molecule has 0 spiro atoms. The van der Waals surface area contributed by atoms with Gasteiger partial charge in [-0.2, -0.15) is 0 Å². The second-order valence-corrected chi connectivity index (χ2v) is 5.01. The number of carbonyl (C=O) groups excluding carboxylic acids is 1. The van der Waals surface area contributed by atoms with Crippen molar-refractivity contribution in [1.29, 1.82) is 0 Å². The number of aromatic carboxylic acids is 1. The van der Waals surface area contributed by atoms with Gasteiger partial charge in [0.15, 0.2) is 0 Å². The van der Waals surface area contributed by atoms with Gasteiger partial charge in [0.2, 0.25) is 0 Å². The van der Waals surface area contributed by atoms with Crippen molar-refractivity contribution in [3.8, 4) is 5.75 Å². The SMILES string of the molecule is CCn1c(C)c(C(=O)[O-])c2cc(OC)c3ccccc3c21. The van der Waals surface area contributed by atoms with Gasteiger partial charge in [-0.05, 0) is 19.9 Å². The van der Waals surface area contributed by atoms with E-state index in [-0.39, 0.29) is 5.56 Å².